The Labute approximate surface area is 175 Å². The van der Waals surface area contributed by atoms with Crippen LogP contribution in [0.4, 0.5) is 5.69 Å². The lowest BCUT2D eigenvalue weighted by Crippen LogP contribution is -2.30. The van der Waals surface area contributed by atoms with Crippen LogP contribution < -0.4 is 10.1 Å². The molecule has 3 aromatic rings. The second-order valence-corrected chi connectivity index (χ2v) is 7.25. The van der Waals surface area contributed by atoms with E-state index in [1.807, 2.05) is 37.3 Å². The Morgan fingerprint density at radius 1 is 1.10 bits per heavy atom. The van der Waals surface area contributed by atoms with Crippen molar-refractivity contribution in [3.8, 4) is 5.75 Å². The molecule has 0 radical (unpaired) electrons. The highest BCUT2D eigenvalue weighted by molar-refractivity contribution is 6.06. The number of pyridine rings is 1. The number of benzene rings is 2. The SMILES string of the molecule is CCOc1ccccc1NC(=O)[C@H](C)OC(=O)c1c2c(nc3ccccc13)CCC2. The van der Waals surface area contributed by atoms with Crippen molar-refractivity contribution in [2.24, 2.45) is 0 Å². The van der Waals surface area contributed by atoms with Gasteiger partial charge in [-0.05, 0) is 56.9 Å². The average Bonchev–Trinajstić information content (AvgIpc) is 3.21. The van der Waals surface area contributed by atoms with Crippen molar-refractivity contribution < 1.29 is 19.1 Å². The van der Waals surface area contributed by atoms with Crippen molar-refractivity contribution in [2.75, 3.05) is 11.9 Å². The molecule has 1 amide bonds. The summed E-state index contributed by atoms with van der Waals surface area (Å²) in [5.41, 5.74) is 3.73. The summed E-state index contributed by atoms with van der Waals surface area (Å²) >= 11 is 0. The molecule has 6 nitrogen and oxygen atoms in total. The average molecular weight is 404 g/mol. The maximum Gasteiger partial charge on any atom is 0.339 e. The van der Waals surface area contributed by atoms with Gasteiger partial charge in [0, 0.05) is 11.1 Å². The predicted octanol–water partition coefficient (Wildman–Crippen LogP) is 4.31. The van der Waals surface area contributed by atoms with Gasteiger partial charge in [-0.15, -0.1) is 0 Å². The molecule has 1 heterocycles. The summed E-state index contributed by atoms with van der Waals surface area (Å²) in [5, 5.41) is 3.55. The standard InChI is InChI=1S/C24H24N2O4/c1-3-29-21-14-7-6-12-20(21)26-23(27)15(2)30-24(28)22-16-9-4-5-11-18(16)25-19-13-8-10-17(19)22/h4-7,9,11-12,14-15H,3,8,10,13H2,1-2H3,(H,26,27)/t15-/m0/s1. The third kappa shape index (κ3) is 3.85. The molecule has 1 atom stereocenters. The lowest BCUT2D eigenvalue weighted by atomic mass is 10.0. The Morgan fingerprint density at radius 3 is 2.70 bits per heavy atom. The van der Waals surface area contributed by atoms with E-state index >= 15 is 0 Å². The molecule has 4 rings (SSSR count). The van der Waals surface area contributed by atoms with Crippen molar-refractivity contribution in [2.45, 2.75) is 39.2 Å². The minimum Gasteiger partial charge on any atom is -0.492 e. The molecule has 1 N–H and O–H groups in total. The Kier molecular flexibility index (Phi) is 5.65. The van der Waals surface area contributed by atoms with Crippen LogP contribution in [-0.2, 0) is 22.4 Å². The number of nitrogens with one attached hydrogen (secondary N) is 1. The lowest BCUT2D eigenvalue weighted by Gasteiger charge is -2.17. The number of ether oxygens (including phenoxy) is 2. The van der Waals surface area contributed by atoms with Gasteiger partial charge >= 0.3 is 5.97 Å². The quantitative estimate of drug-likeness (QED) is 0.620. The first-order chi connectivity index (χ1) is 14.6. The van der Waals surface area contributed by atoms with Crippen LogP contribution >= 0.6 is 0 Å². The van der Waals surface area contributed by atoms with Crippen LogP contribution in [0.15, 0.2) is 48.5 Å². The number of carbonyl (C=O) groups excluding carboxylic acids is 2. The summed E-state index contributed by atoms with van der Waals surface area (Å²) in [6, 6.07) is 14.7. The number of fused-ring (bicyclic) bond motifs is 2. The number of anilines is 1. The molecule has 0 saturated heterocycles. The van der Waals surface area contributed by atoms with E-state index in [0.29, 0.717) is 23.6 Å². The van der Waals surface area contributed by atoms with Crippen LogP contribution in [-0.4, -0.2) is 29.6 Å². The molecule has 2 aromatic carbocycles. The molecule has 0 spiro atoms. The lowest BCUT2D eigenvalue weighted by molar-refractivity contribution is -0.123. The van der Waals surface area contributed by atoms with Crippen molar-refractivity contribution in [3.63, 3.8) is 0 Å². The molecule has 154 valence electrons. The molecule has 6 heteroatoms. The number of para-hydroxylation sites is 3. The van der Waals surface area contributed by atoms with Crippen molar-refractivity contribution >= 4 is 28.5 Å². The highest BCUT2D eigenvalue weighted by atomic mass is 16.5. The first-order valence-electron chi connectivity index (χ1n) is 10.2. The third-order valence-corrected chi connectivity index (χ3v) is 5.22. The molecule has 30 heavy (non-hydrogen) atoms. The molecular formula is C24H24N2O4. The van der Waals surface area contributed by atoms with Crippen LogP contribution in [0.25, 0.3) is 10.9 Å². The number of rotatable bonds is 6. The van der Waals surface area contributed by atoms with Crippen LogP contribution in [0.5, 0.6) is 5.75 Å². The van der Waals surface area contributed by atoms with E-state index in [1.165, 1.54) is 0 Å². The molecule has 1 aromatic heterocycles. The summed E-state index contributed by atoms with van der Waals surface area (Å²) in [5.74, 6) is -0.331. The minimum atomic E-state index is -0.962. The van der Waals surface area contributed by atoms with E-state index in [9.17, 15) is 9.59 Å². The maximum atomic E-state index is 13.1. The molecule has 0 saturated carbocycles. The minimum absolute atomic E-state index is 0.412. The smallest absolute Gasteiger partial charge is 0.339 e. The maximum absolute atomic E-state index is 13.1. The van der Waals surface area contributed by atoms with E-state index in [2.05, 4.69) is 5.32 Å². The largest absolute Gasteiger partial charge is 0.492 e. The number of aryl methyl sites for hydroxylation is 1. The fraction of sp³-hybridized carbons (Fsp3) is 0.292. The molecule has 0 bridgehead atoms. The molecule has 1 aliphatic carbocycles. The number of amides is 1. The van der Waals surface area contributed by atoms with Gasteiger partial charge in [0.2, 0.25) is 0 Å². The number of hydrogen-bond acceptors (Lipinski definition) is 5. The van der Waals surface area contributed by atoms with Gasteiger partial charge in [-0.2, -0.15) is 0 Å². The van der Waals surface area contributed by atoms with E-state index in [4.69, 9.17) is 14.5 Å². The zero-order valence-electron chi connectivity index (χ0n) is 17.1. The van der Waals surface area contributed by atoms with Gasteiger partial charge in [-0.3, -0.25) is 9.78 Å². The third-order valence-electron chi connectivity index (χ3n) is 5.22. The summed E-state index contributed by atoms with van der Waals surface area (Å²) in [4.78, 5) is 30.5. The van der Waals surface area contributed by atoms with Gasteiger partial charge < -0.3 is 14.8 Å². The first-order valence-corrected chi connectivity index (χ1v) is 10.2. The van der Waals surface area contributed by atoms with Crippen molar-refractivity contribution in [3.05, 3.63) is 65.4 Å². The summed E-state index contributed by atoms with van der Waals surface area (Å²) in [7, 11) is 0. The number of nitrogens with zero attached hydrogens (tertiary/aromatic N) is 1. The van der Waals surface area contributed by atoms with Crippen molar-refractivity contribution in [1.82, 2.24) is 4.98 Å². The number of esters is 1. The number of carbonyl (C=O) groups is 2. The summed E-state index contributed by atoms with van der Waals surface area (Å²) in [6.45, 7) is 3.93. The van der Waals surface area contributed by atoms with Crippen LogP contribution in [0.1, 0.15) is 41.9 Å². The Morgan fingerprint density at radius 2 is 1.87 bits per heavy atom. The van der Waals surface area contributed by atoms with Crippen LogP contribution in [0.2, 0.25) is 0 Å². The zero-order chi connectivity index (χ0) is 21.1. The van der Waals surface area contributed by atoms with E-state index in [-0.39, 0.29) is 0 Å². The fourth-order valence-electron chi connectivity index (χ4n) is 3.80. The molecular weight excluding hydrogens is 380 g/mol. The van der Waals surface area contributed by atoms with Gasteiger partial charge in [0.25, 0.3) is 5.91 Å². The molecule has 0 unspecified atom stereocenters. The molecule has 1 aliphatic rings. The number of hydrogen-bond donors (Lipinski definition) is 1. The van der Waals surface area contributed by atoms with Crippen LogP contribution in [0, 0.1) is 0 Å². The Balaban J connectivity index is 1.55. The van der Waals surface area contributed by atoms with Gasteiger partial charge in [-0.25, -0.2) is 4.79 Å². The normalized spacial score (nSPS) is 13.5. The summed E-state index contributed by atoms with van der Waals surface area (Å²) in [6.07, 6.45) is 1.64. The predicted molar refractivity (Wildman–Crippen MR) is 115 cm³/mol. The topological polar surface area (TPSA) is 77.5 Å². The fourth-order valence-corrected chi connectivity index (χ4v) is 3.80. The second kappa shape index (κ2) is 8.53. The van der Waals surface area contributed by atoms with Gasteiger partial charge in [0.1, 0.15) is 5.75 Å². The first kappa shape index (κ1) is 19.9. The van der Waals surface area contributed by atoms with Crippen LogP contribution in [0.3, 0.4) is 0 Å². The van der Waals surface area contributed by atoms with Crippen molar-refractivity contribution in [1.29, 1.82) is 0 Å². The van der Waals surface area contributed by atoms with E-state index in [1.54, 1.807) is 25.1 Å². The zero-order valence-corrected chi connectivity index (χ0v) is 17.1. The monoisotopic (exact) mass is 404 g/mol. The van der Waals surface area contributed by atoms with E-state index < -0.39 is 18.0 Å². The van der Waals surface area contributed by atoms with Gasteiger partial charge in [0.05, 0.1) is 23.4 Å². The highest BCUT2D eigenvalue weighted by Crippen LogP contribution is 2.31. The molecule has 0 fully saturated rings. The second-order valence-electron chi connectivity index (χ2n) is 7.25. The van der Waals surface area contributed by atoms with Gasteiger partial charge in [0.15, 0.2) is 6.10 Å². The highest BCUT2D eigenvalue weighted by Gasteiger charge is 2.27. The number of aromatic nitrogens is 1. The Bertz CT molecular complexity index is 1110. The van der Waals surface area contributed by atoms with E-state index in [0.717, 1.165) is 41.4 Å². The van der Waals surface area contributed by atoms with Gasteiger partial charge in [-0.1, -0.05) is 30.3 Å². The molecule has 0 aliphatic heterocycles. The Hall–Kier alpha value is -3.41. The summed E-state index contributed by atoms with van der Waals surface area (Å²) < 4.78 is 11.1.